The standard InChI is InChI=1S/C15H22N2O.ClH/c1-2-5-11-6-3-4-7-14(11)17-15(18)12-8-9-13(16)10-12;/h3-4,6-7,12-13H,2,5,8-10,16H2,1H3,(H,17,18);1H. The van der Waals surface area contributed by atoms with E-state index in [-0.39, 0.29) is 30.3 Å². The second-order valence-electron chi connectivity index (χ2n) is 5.17. The first-order valence-electron chi connectivity index (χ1n) is 6.85. The molecule has 0 aromatic heterocycles. The molecule has 19 heavy (non-hydrogen) atoms. The van der Waals surface area contributed by atoms with Crippen molar-refractivity contribution in [2.24, 2.45) is 11.7 Å². The summed E-state index contributed by atoms with van der Waals surface area (Å²) in [4.78, 5) is 12.2. The first kappa shape index (κ1) is 16.0. The number of aryl methyl sites for hydroxylation is 1. The summed E-state index contributed by atoms with van der Waals surface area (Å²) in [6.07, 6.45) is 4.79. The van der Waals surface area contributed by atoms with Gasteiger partial charge in [-0.2, -0.15) is 0 Å². The summed E-state index contributed by atoms with van der Waals surface area (Å²) in [5.74, 6) is 0.223. The Morgan fingerprint density at radius 3 is 2.74 bits per heavy atom. The van der Waals surface area contributed by atoms with Gasteiger partial charge in [-0.15, -0.1) is 12.4 Å². The molecule has 1 amide bonds. The summed E-state index contributed by atoms with van der Waals surface area (Å²) in [5.41, 5.74) is 8.03. The fourth-order valence-electron chi connectivity index (χ4n) is 2.62. The molecule has 2 rings (SSSR count). The molecule has 2 unspecified atom stereocenters. The average Bonchev–Trinajstić information content (AvgIpc) is 2.79. The molecule has 3 nitrogen and oxygen atoms in total. The second kappa shape index (κ2) is 7.51. The van der Waals surface area contributed by atoms with E-state index < -0.39 is 0 Å². The second-order valence-corrected chi connectivity index (χ2v) is 5.17. The molecule has 0 spiro atoms. The van der Waals surface area contributed by atoms with Crippen LogP contribution in [0.2, 0.25) is 0 Å². The van der Waals surface area contributed by atoms with Gasteiger partial charge in [-0.3, -0.25) is 4.79 Å². The van der Waals surface area contributed by atoms with E-state index in [0.29, 0.717) is 0 Å². The van der Waals surface area contributed by atoms with Crippen molar-refractivity contribution in [3.8, 4) is 0 Å². The lowest BCUT2D eigenvalue weighted by Gasteiger charge is -2.14. The number of carbonyl (C=O) groups is 1. The van der Waals surface area contributed by atoms with Crippen LogP contribution < -0.4 is 11.1 Å². The molecule has 3 N–H and O–H groups in total. The largest absolute Gasteiger partial charge is 0.328 e. The first-order valence-corrected chi connectivity index (χ1v) is 6.85. The van der Waals surface area contributed by atoms with Gasteiger partial charge in [-0.25, -0.2) is 0 Å². The van der Waals surface area contributed by atoms with E-state index in [1.165, 1.54) is 5.56 Å². The molecule has 0 saturated heterocycles. The van der Waals surface area contributed by atoms with E-state index in [9.17, 15) is 4.79 Å². The number of benzene rings is 1. The Labute approximate surface area is 121 Å². The van der Waals surface area contributed by atoms with Crippen LogP contribution in [-0.2, 0) is 11.2 Å². The van der Waals surface area contributed by atoms with Crippen molar-refractivity contribution in [3.63, 3.8) is 0 Å². The predicted molar refractivity (Wildman–Crippen MR) is 81.6 cm³/mol. The highest BCUT2D eigenvalue weighted by Gasteiger charge is 2.27. The number of hydrogen-bond acceptors (Lipinski definition) is 2. The summed E-state index contributed by atoms with van der Waals surface area (Å²) in [6, 6.07) is 8.25. The Bertz CT molecular complexity index is 422. The third kappa shape index (κ3) is 4.22. The van der Waals surface area contributed by atoms with Crippen LogP contribution in [0.25, 0.3) is 0 Å². The first-order chi connectivity index (χ1) is 8.70. The lowest BCUT2D eigenvalue weighted by Crippen LogP contribution is -2.23. The van der Waals surface area contributed by atoms with E-state index in [4.69, 9.17) is 5.73 Å². The molecule has 1 aromatic rings. The van der Waals surface area contributed by atoms with Gasteiger partial charge in [0.15, 0.2) is 0 Å². The van der Waals surface area contributed by atoms with Gasteiger partial charge in [0.25, 0.3) is 0 Å². The van der Waals surface area contributed by atoms with Crippen molar-refractivity contribution < 1.29 is 4.79 Å². The van der Waals surface area contributed by atoms with Crippen molar-refractivity contribution in [2.45, 2.75) is 45.1 Å². The molecule has 0 bridgehead atoms. The fourth-order valence-corrected chi connectivity index (χ4v) is 2.62. The minimum atomic E-state index is 0. The molecular formula is C15H23ClN2O. The van der Waals surface area contributed by atoms with Crippen molar-refractivity contribution in [1.82, 2.24) is 0 Å². The number of nitrogens with one attached hydrogen (secondary N) is 1. The smallest absolute Gasteiger partial charge is 0.227 e. The van der Waals surface area contributed by atoms with Crippen LogP contribution in [0.4, 0.5) is 5.69 Å². The Morgan fingerprint density at radius 2 is 2.11 bits per heavy atom. The maximum absolute atomic E-state index is 12.2. The molecular weight excluding hydrogens is 260 g/mol. The van der Waals surface area contributed by atoms with Gasteiger partial charge in [-0.1, -0.05) is 31.5 Å². The molecule has 0 radical (unpaired) electrons. The quantitative estimate of drug-likeness (QED) is 0.891. The highest BCUT2D eigenvalue weighted by molar-refractivity contribution is 5.93. The highest BCUT2D eigenvalue weighted by atomic mass is 35.5. The maximum Gasteiger partial charge on any atom is 0.227 e. The molecule has 106 valence electrons. The van der Waals surface area contributed by atoms with Gasteiger partial charge >= 0.3 is 0 Å². The number of anilines is 1. The lowest BCUT2D eigenvalue weighted by molar-refractivity contribution is -0.119. The molecule has 2 atom stereocenters. The van der Waals surface area contributed by atoms with Crippen molar-refractivity contribution in [3.05, 3.63) is 29.8 Å². The van der Waals surface area contributed by atoms with Crippen LogP contribution in [-0.4, -0.2) is 11.9 Å². The van der Waals surface area contributed by atoms with E-state index in [1.54, 1.807) is 0 Å². The van der Waals surface area contributed by atoms with Crippen molar-refractivity contribution >= 4 is 24.0 Å². The predicted octanol–water partition coefficient (Wildman–Crippen LogP) is 3.13. The number of para-hydroxylation sites is 1. The molecule has 4 heteroatoms. The number of nitrogens with two attached hydrogens (primary N) is 1. The monoisotopic (exact) mass is 282 g/mol. The minimum absolute atomic E-state index is 0. The molecule has 1 aromatic carbocycles. The SMILES string of the molecule is CCCc1ccccc1NC(=O)C1CCC(N)C1.Cl. The zero-order chi connectivity index (χ0) is 13.0. The Kier molecular flexibility index (Phi) is 6.32. The van der Waals surface area contributed by atoms with Crippen LogP contribution in [0, 0.1) is 5.92 Å². The fraction of sp³-hybridized carbons (Fsp3) is 0.533. The third-order valence-electron chi connectivity index (χ3n) is 3.64. The molecule has 1 aliphatic rings. The lowest BCUT2D eigenvalue weighted by atomic mass is 10.0. The molecule has 1 aliphatic carbocycles. The van der Waals surface area contributed by atoms with E-state index in [2.05, 4.69) is 18.3 Å². The molecule has 1 saturated carbocycles. The Morgan fingerprint density at radius 1 is 1.37 bits per heavy atom. The minimum Gasteiger partial charge on any atom is -0.328 e. The van der Waals surface area contributed by atoms with Gasteiger partial charge in [-0.05, 0) is 37.3 Å². The van der Waals surface area contributed by atoms with Gasteiger partial charge in [0.2, 0.25) is 5.91 Å². The summed E-state index contributed by atoms with van der Waals surface area (Å²) in [6.45, 7) is 2.15. The van der Waals surface area contributed by atoms with Crippen LogP contribution in [0.5, 0.6) is 0 Å². The summed E-state index contributed by atoms with van der Waals surface area (Å²) >= 11 is 0. The molecule has 1 fully saturated rings. The van der Waals surface area contributed by atoms with Crippen LogP contribution in [0.15, 0.2) is 24.3 Å². The summed E-state index contributed by atoms with van der Waals surface area (Å²) < 4.78 is 0. The zero-order valence-corrected chi connectivity index (χ0v) is 12.2. The number of halogens is 1. The number of amides is 1. The van der Waals surface area contributed by atoms with E-state index in [1.807, 2.05) is 18.2 Å². The summed E-state index contributed by atoms with van der Waals surface area (Å²) in [7, 11) is 0. The Balaban J connectivity index is 0.00000180. The van der Waals surface area contributed by atoms with Crippen molar-refractivity contribution in [2.75, 3.05) is 5.32 Å². The average molecular weight is 283 g/mol. The molecule has 0 aliphatic heterocycles. The van der Waals surface area contributed by atoms with Crippen LogP contribution >= 0.6 is 12.4 Å². The highest BCUT2D eigenvalue weighted by Crippen LogP contribution is 2.26. The van der Waals surface area contributed by atoms with Gasteiger partial charge in [0.05, 0.1) is 0 Å². The van der Waals surface area contributed by atoms with E-state index in [0.717, 1.165) is 37.8 Å². The topological polar surface area (TPSA) is 55.1 Å². The maximum atomic E-state index is 12.2. The number of hydrogen-bond donors (Lipinski definition) is 2. The zero-order valence-electron chi connectivity index (χ0n) is 11.4. The van der Waals surface area contributed by atoms with Gasteiger partial charge < -0.3 is 11.1 Å². The normalized spacial score (nSPS) is 21.8. The summed E-state index contributed by atoms with van der Waals surface area (Å²) in [5, 5.41) is 3.06. The molecule has 0 heterocycles. The van der Waals surface area contributed by atoms with Crippen molar-refractivity contribution in [1.29, 1.82) is 0 Å². The number of rotatable bonds is 4. The van der Waals surface area contributed by atoms with E-state index >= 15 is 0 Å². The number of carbonyl (C=O) groups excluding carboxylic acids is 1. The van der Waals surface area contributed by atoms with Gasteiger partial charge in [0, 0.05) is 17.6 Å². The van der Waals surface area contributed by atoms with Crippen LogP contribution in [0.3, 0.4) is 0 Å². The van der Waals surface area contributed by atoms with Crippen LogP contribution in [0.1, 0.15) is 38.2 Å². The Hall–Kier alpha value is -1.06. The third-order valence-corrected chi connectivity index (χ3v) is 3.64. The van der Waals surface area contributed by atoms with Gasteiger partial charge in [0.1, 0.15) is 0 Å².